The Balaban J connectivity index is 1.61. The second-order valence-electron chi connectivity index (χ2n) is 5.92. The summed E-state index contributed by atoms with van der Waals surface area (Å²) < 4.78 is 5.45. The average molecular weight is 360 g/mol. The van der Waals surface area contributed by atoms with E-state index in [4.69, 9.17) is 16.3 Å². The molecule has 1 aliphatic heterocycles. The minimum absolute atomic E-state index is 0.126. The lowest BCUT2D eigenvalue weighted by Gasteiger charge is -2.34. The number of amides is 2. The molecule has 2 aromatic rings. The largest absolute Gasteiger partial charge is 0.379 e. The third-order valence-electron chi connectivity index (χ3n) is 4.23. The summed E-state index contributed by atoms with van der Waals surface area (Å²) in [7, 11) is 0. The highest BCUT2D eigenvalue weighted by atomic mass is 35.5. The SMILES string of the molecule is O=C(NCC(c1ccccc1)N1CCOCC1)Nc1ccc(Cl)cc1. The molecule has 0 saturated carbocycles. The number of carbonyl (C=O) groups is 1. The molecule has 0 spiro atoms. The zero-order valence-electron chi connectivity index (χ0n) is 14.0. The maximum absolute atomic E-state index is 12.2. The second kappa shape index (κ2) is 8.85. The average Bonchev–Trinajstić information content (AvgIpc) is 2.66. The predicted octanol–water partition coefficient (Wildman–Crippen LogP) is 3.54. The molecule has 0 aliphatic carbocycles. The van der Waals surface area contributed by atoms with E-state index in [1.807, 2.05) is 18.2 Å². The van der Waals surface area contributed by atoms with Crippen molar-refractivity contribution in [2.75, 3.05) is 38.2 Å². The van der Waals surface area contributed by atoms with Crippen LogP contribution in [0.25, 0.3) is 0 Å². The molecule has 3 rings (SSSR count). The first-order valence-electron chi connectivity index (χ1n) is 8.39. The summed E-state index contributed by atoms with van der Waals surface area (Å²) in [5.74, 6) is 0. The van der Waals surface area contributed by atoms with Crippen molar-refractivity contribution in [1.29, 1.82) is 0 Å². The van der Waals surface area contributed by atoms with Crippen LogP contribution in [-0.2, 0) is 4.74 Å². The Kier molecular flexibility index (Phi) is 6.28. The first-order valence-corrected chi connectivity index (χ1v) is 8.77. The lowest BCUT2D eigenvalue weighted by molar-refractivity contribution is 0.0168. The van der Waals surface area contributed by atoms with Crippen molar-refractivity contribution in [1.82, 2.24) is 10.2 Å². The summed E-state index contributed by atoms with van der Waals surface area (Å²) in [5, 5.41) is 6.44. The molecule has 1 atom stereocenters. The molecule has 2 N–H and O–H groups in total. The third kappa shape index (κ3) is 5.19. The summed E-state index contributed by atoms with van der Waals surface area (Å²) in [5.41, 5.74) is 1.90. The van der Waals surface area contributed by atoms with Gasteiger partial charge in [-0.2, -0.15) is 0 Å². The number of halogens is 1. The summed E-state index contributed by atoms with van der Waals surface area (Å²) in [6.45, 7) is 3.70. The zero-order chi connectivity index (χ0) is 17.5. The Labute approximate surface area is 152 Å². The lowest BCUT2D eigenvalue weighted by atomic mass is 10.0. The van der Waals surface area contributed by atoms with Crippen LogP contribution in [0.3, 0.4) is 0 Å². The monoisotopic (exact) mass is 359 g/mol. The first-order chi connectivity index (χ1) is 12.2. The van der Waals surface area contributed by atoms with Gasteiger partial charge in [0, 0.05) is 30.3 Å². The fourth-order valence-corrected chi connectivity index (χ4v) is 3.05. The number of hydrogen-bond acceptors (Lipinski definition) is 3. The molecule has 1 aliphatic rings. The van der Waals surface area contributed by atoms with Gasteiger partial charge in [0.05, 0.1) is 19.3 Å². The number of nitrogens with one attached hydrogen (secondary N) is 2. The molecule has 1 unspecified atom stereocenters. The maximum atomic E-state index is 12.2. The molecular formula is C19H22ClN3O2. The Bertz CT molecular complexity index is 673. The van der Waals surface area contributed by atoms with Gasteiger partial charge < -0.3 is 15.4 Å². The van der Waals surface area contributed by atoms with Crippen LogP contribution in [-0.4, -0.2) is 43.8 Å². The Morgan fingerprint density at radius 3 is 2.44 bits per heavy atom. The standard InChI is InChI=1S/C19H22ClN3O2/c20-16-6-8-17(9-7-16)22-19(24)21-14-18(15-4-2-1-3-5-15)23-10-12-25-13-11-23/h1-9,18H,10-14H2,(H2,21,22,24). The fourth-order valence-electron chi connectivity index (χ4n) is 2.92. The molecular weight excluding hydrogens is 338 g/mol. The van der Waals surface area contributed by atoms with Crippen LogP contribution in [0.5, 0.6) is 0 Å². The van der Waals surface area contributed by atoms with Crippen molar-refractivity contribution in [3.63, 3.8) is 0 Å². The van der Waals surface area contributed by atoms with Crippen LogP contribution in [0, 0.1) is 0 Å². The van der Waals surface area contributed by atoms with Crippen LogP contribution in [0.2, 0.25) is 5.02 Å². The number of nitrogens with zero attached hydrogens (tertiary/aromatic N) is 1. The van der Waals surface area contributed by atoms with E-state index in [-0.39, 0.29) is 12.1 Å². The number of morpholine rings is 1. The van der Waals surface area contributed by atoms with E-state index in [2.05, 4.69) is 27.7 Å². The fraction of sp³-hybridized carbons (Fsp3) is 0.316. The molecule has 0 radical (unpaired) electrons. The van der Waals surface area contributed by atoms with Gasteiger partial charge in [-0.05, 0) is 29.8 Å². The van der Waals surface area contributed by atoms with Gasteiger partial charge in [-0.15, -0.1) is 0 Å². The summed E-state index contributed by atoms with van der Waals surface area (Å²) in [6, 6.07) is 17.2. The van der Waals surface area contributed by atoms with Crippen molar-refractivity contribution in [2.24, 2.45) is 0 Å². The number of hydrogen-bond donors (Lipinski definition) is 2. The van der Waals surface area contributed by atoms with Crippen LogP contribution < -0.4 is 10.6 Å². The number of anilines is 1. The van der Waals surface area contributed by atoms with Crippen molar-refractivity contribution in [3.05, 3.63) is 65.2 Å². The smallest absolute Gasteiger partial charge is 0.319 e. The lowest BCUT2D eigenvalue weighted by Crippen LogP contribution is -2.44. The molecule has 0 aromatic heterocycles. The molecule has 132 valence electrons. The Morgan fingerprint density at radius 2 is 1.76 bits per heavy atom. The van der Waals surface area contributed by atoms with Gasteiger partial charge >= 0.3 is 6.03 Å². The van der Waals surface area contributed by atoms with Crippen LogP contribution in [0.1, 0.15) is 11.6 Å². The van der Waals surface area contributed by atoms with Gasteiger partial charge in [-0.25, -0.2) is 4.79 Å². The van der Waals surface area contributed by atoms with E-state index < -0.39 is 0 Å². The van der Waals surface area contributed by atoms with Crippen molar-refractivity contribution in [3.8, 4) is 0 Å². The van der Waals surface area contributed by atoms with Crippen LogP contribution in [0.15, 0.2) is 54.6 Å². The number of rotatable bonds is 5. The normalized spacial score (nSPS) is 16.2. The van der Waals surface area contributed by atoms with Crippen molar-refractivity contribution >= 4 is 23.3 Å². The molecule has 0 bridgehead atoms. The molecule has 1 heterocycles. The van der Waals surface area contributed by atoms with Crippen LogP contribution in [0.4, 0.5) is 10.5 Å². The zero-order valence-corrected chi connectivity index (χ0v) is 14.7. The van der Waals surface area contributed by atoms with E-state index in [0.717, 1.165) is 26.3 Å². The minimum atomic E-state index is -0.225. The summed E-state index contributed by atoms with van der Waals surface area (Å²) >= 11 is 5.86. The predicted molar refractivity (Wildman–Crippen MR) is 100 cm³/mol. The first kappa shape index (κ1) is 17.7. The maximum Gasteiger partial charge on any atom is 0.319 e. The topological polar surface area (TPSA) is 53.6 Å². The Morgan fingerprint density at radius 1 is 1.08 bits per heavy atom. The van der Waals surface area contributed by atoms with Crippen molar-refractivity contribution < 1.29 is 9.53 Å². The number of benzene rings is 2. The van der Waals surface area contributed by atoms with Gasteiger partial charge in [-0.3, -0.25) is 4.90 Å². The molecule has 1 saturated heterocycles. The highest BCUT2D eigenvalue weighted by Gasteiger charge is 2.23. The Hall–Kier alpha value is -2.08. The second-order valence-corrected chi connectivity index (χ2v) is 6.35. The van der Waals surface area contributed by atoms with Gasteiger partial charge in [-0.1, -0.05) is 41.9 Å². The van der Waals surface area contributed by atoms with Crippen molar-refractivity contribution in [2.45, 2.75) is 6.04 Å². The molecule has 6 heteroatoms. The molecule has 2 amide bonds. The molecule has 1 fully saturated rings. The molecule has 5 nitrogen and oxygen atoms in total. The third-order valence-corrected chi connectivity index (χ3v) is 4.48. The van der Waals surface area contributed by atoms with E-state index in [9.17, 15) is 4.79 Å². The van der Waals surface area contributed by atoms with E-state index in [0.29, 0.717) is 17.3 Å². The van der Waals surface area contributed by atoms with E-state index >= 15 is 0 Å². The molecule has 2 aromatic carbocycles. The van der Waals surface area contributed by atoms with E-state index in [1.165, 1.54) is 5.56 Å². The van der Waals surface area contributed by atoms with Gasteiger partial charge in [0.15, 0.2) is 0 Å². The quantitative estimate of drug-likeness (QED) is 0.858. The van der Waals surface area contributed by atoms with Gasteiger partial charge in [0.25, 0.3) is 0 Å². The molecule has 25 heavy (non-hydrogen) atoms. The van der Waals surface area contributed by atoms with Gasteiger partial charge in [0.2, 0.25) is 0 Å². The highest BCUT2D eigenvalue weighted by molar-refractivity contribution is 6.30. The number of ether oxygens (including phenoxy) is 1. The minimum Gasteiger partial charge on any atom is -0.379 e. The van der Waals surface area contributed by atoms with Gasteiger partial charge in [0.1, 0.15) is 0 Å². The number of carbonyl (C=O) groups excluding carboxylic acids is 1. The number of urea groups is 1. The van der Waals surface area contributed by atoms with Crippen LogP contribution >= 0.6 is 11.6 Å². The summed E-state index contributed by atoms with van der Waals surface area (Å²) in [6.07, 6.45) is 0. The highest BCUT2D eigenvalue weighted by Crippen LogP contribution is 2.21. The summed E-state index contributed by atoms with van der Waals surface area (Å²) in [4.78, 5) is 14.6. The van der Waals surface area contributed by atoms with E-state index in [1.54, 1.807) is 24.3 Å².